The van der Waals surface area contributed by atoms with Crippen LogP contribution in [-0.2, 0) is 15.1 Å². The van der Waals surface area contributed by atoms with Crippen molar-refractivity contribution in [2.45, 2.75) is 26.3 Å². The van der Waals surface area contributed by atoms with Gasteiger partial charge in [-0.05, 0) is 32.9 Å². The molecule has 110 valence electrons. The third kappa shape index (κ3) is 3.37. The molecule has 21 heavy (non-hydrogen) atoms. The topological polar surface area (TPSA) is 64.1 Å². The number of nitrogens with zero attached hydrogens (tertiary/aromatic N) is 2. The van der Waals surface area contributed by atoms with Crippen LogP contribution in [0, 0.1) is 6.92 Å². The second-order valence-electron chi connectivity index (χ2n) is 4.93. The molecule has 0 amide bonds. The lowest BCUT2D eigenvalue weighted by Crippen LogP contribution is -2.42. The number of carbonyl (C=O) groups excluding carboxylic acids is 1. The normalized spacial score (nSPS) is 13.3. The average Bonchev–Trinajstić information content (AvgIpc) is 2.50. The second-order valence-corrected chi connectivity index (χ2v) is 4.93. The number of rotatable bonds is 5. The van der Waals surface area contributed by atoms with Crippen LogP contribution < -0.4 is 5.32 Å². The molecule has 0 aliphatic carbocycles. The first-order valence-electron chi connectivity index (χ1n) is 6.85. The van der Waals surface area contributed by atoms with Gasteiger partial charge in [-0.3, -0.25) is 9.97 Å². The molecule has 5 nitrogen and oxygen atoms in total. The molecule has 1 N–H and O–H groups in total. The molecule has 1 heterocycles. The molecule has 0 saturated heterocycles. The summed E-state index contributed by atoms with van der Waals surface area (Å²) in [7, 11) is 0. The second kappa shape index (κ2) is 6.35. The van der Waals surface area contributed by atoms with Crippen LogP contribution in [0.5, 0.6) is 0 Å². The minimum Gasteiger partial charge on any atom is -0.464 e. The Morgan fingerprint density at radius 3 is 2.57 bits per heavy atom. The fourth-order valence-corrected chi connectivity index (χ4v) is 1.98. The molecule has 2 rings (SSSR count). The van der Waals surface area contributed by atoms with Gasteiger partial charge in [-0.15, -0.1) is 0 Å². The van der Waals surface area contributed by atoms with Crippen molar-refractivity contribution in [2.75, 3.05) is 11.9 Å². The van der Waals surface area contributed by atoms with E-state index in [1.54, 1.807) is 32.4 Å². The number of hydrogen-bond donors (Lipinski definition) is 1. The van der Waals surface area contributed by atoms with Gasteiger partial charge in [-0.1, -0.05) is 17.7 Å². The Kier molecular flexibility index (Phi) is 4.52. The van der Waals surface area contributed by atoms with Crippen molar-refractivity contribution in [3.63, 3.8) is 0 Å². The molecular weight excluding hydrogens is 266 g/mol. The summed E-state index contributed by atoms with van der Waals surface area (Å²) in [5.41, 5.74) is 1.41. The number of anilines is 1. The number of ether oxygens (including phenoxy) is 1. The summed E-state index contributed by atoms with van der Waals surface area (Å²) in [5.74, 6) is -0.383. The van der Waals surface area contributed by atoms with Crippen LogP contribution in [0.3, 0.4) is 0 Å². The Labute approximate surface area is 124 Å². The Morgan fingerprint density at radius 2 is 2.00 bits per heavy atom. The van der Waals surface area contributed by atoms with Crippen LogP contribution in [0.2, 0.25) is 0 Å². The van der Waals surface area contributed by atoms with Gasteiger partial charge in [-0.25, -0.2) is 4.79 Å². The fraction of sp³-hybridized carbons (Fsp3) is 0.312. The largest absolute Gasteiger partial charge is 0.464 e. The molecule has 1 aromatic carbocycles. The van der Waals surface area contributed by atoms with Crippen LogP contribution in [-0.4, -0.2) is 22.5 Å². The van der Waals surface area contributed by atoms with E-state index in [-0.39, 0.29) is 5.97 Å². The lowest BCUT2D eigenvalue weighted by molar-refractivity contribution is -0.148. The van der Waals surface area contributed by atoms with E-state index in [0.717, 1.165) is 11.3 Å². The van der Waals surface area contributed by atoms with Crippen LogP contribution in [0.1, 0.15) is 25.1 Å². The predicted octanol–water partition coefficient (Wildman–Crippen LogP) is 2.68. The zero-order valence-corrected chi connectivity index (χ0v) is 12.5. The molecule has 1 unspecified atom stereocenters. The van der Waals surface area contributed by atoms with Crippen molar-refractivity contribution in [2.24, 2.45) is 0 Å². The van der Waals surface area contributed by atoms with Crippen molar-refractivity contribution < 1.29 is 9.53 Å². The first kappa shape index (κ1) is 15.0. The number of carbonyl (C=O) groups is 1. The Hall–Kier alpha value is -2.43. The Balaban J connectivity index is 2.36. The third-order valence-electron chi connectivity index (χ3n) is 3.21. The van der Waals surface area contributed by atoms with E-state index >= 15 is 0 Å². The fourth-order valence-electron chi connectivity index (χ4n) is 1.98. The Morgan fingerprint density at radius 1 is 1.29 bits per heavy atom. The molecule has 0 bridgehead atoms. The van der Waals surface area contributed by atoms with Crippen LogP contribution in [0.4, 0.5) is 5.69 Å². The van der Waals surface area contributed by atoms with E-state index < -0.39 is 5.54 Å². The highest BCUT2D eigenvalue weighted by molar-refractivity contribution is 5.85. The number of nitrogens with one attached hydrogen (secondary N) is 1. The predicted molar refractivity (Wildman–Crippen MR) is 80.8 cm³/mol. The van der Waals surface area contributed by atoms with E-state index in [0.29, 0.717) is 12.3 Å². The van der Waals surface area contributed by atoms with Crippen LogP contribution >= 0.6 is 0 Å². The summed E-state index contributed by atoms with van der Waals surface area (Å²) in [4.78, 5) is 20.7. The number of aryl methyl sites for hydroxylation is 1. The molecule has 2 aromatic rings. The molecule has 1 aromatic heterocycles. The molecule has 1 atom stereocenters. The molecule has 0 aliphatic rings. The van der Waals surface area contributed by atoms with E-state index in [1.165, 1.54) is 0 Å². The Bertz CT molecular complexity index is 599. The van der Waals surface area contributed by atoms with Crippen molar-refractivity contribution in [3.8, 4) is 0 Å². The summed E-state index contributed by atoms with van der Waals surface area (Å²) in [6.07, 6.45) is 4.70. The first-order chi connectivity index (χ1) is 10.1. The quantitative estimate of drug-likeness (QED) is 0.856. The van der Waals surface area contributed by atoms with Gasteiger partial charge in [0.25, 0.3) is 0 Å². The minimum absolute atomic E-state index is 0.310. The maximum atomic E-state index is 12.4. The SMILES string of the molecule is CCOC(=O)C(C)(Nc1ccc(C)cc1)c1cnccn1. The van der Waals surface area contributed by atoms with Crippen LogP contribution in [0.15, 0.2) is 42.9 Å². The summed E-state index contributed by atoms with van der Waals surface area (Å²) < 4.78 is 5.19. The standard InChI is InChI=1S/C16H19N3O2/c1-4-21-15(20)16(3,14-11-17-9-10-18-14)19-13-7-5-12(2)6-8-13/h5-11,19H,4H2,1-3H3. The number of hydrogen-bond acceptors (Lipinski definition) is 5. The first-order valence-corrected chi connectivity index (χ1v) is 6.85. The van der Waals surface area contributed by atoms with Gasteiger partial charge < -0.3 is 10.1 Å². The lowest BCUT2D eigenvalue weighted by atomic mass is 9.97. The molecule has 0 aliphatic heterocycles. The van der Waals surface area contributed by atoms with Gasteiger partial charge in [0.15, 0.2) is 5.54 Å². The minimum atomic E-state index is -1.08. The van der Waals surface area contributed by atoms with Gasteiger partial charge in [0, 0.05) is 18.1 Å². The van der Waals surface area contributed by atoms with Crippen molar-refractivity contribution in [3.05, 3.63) is 54.1 Å². The highest BCUT2D eigenvalue weighted by Gasteiger charge is 2.38. The van der Waals surface area contributed by atoms with E-state index in [2.05, 4.69) is 15.3 Å². The number of esters is 1. The summed E-state index contributed by atoms with van der Waals surface area (Å²) in [5, 5.41) is 3.21. The molecule has 0 spiro atoms. The maximum Gasteiger partial charge on any atom is 0.337 e. The smallest absolute Gasteiger partial charge is 0.337 e. The summed E-state index contributed by atoms with van der Waals surface area (Å²) in [6, 6.07) is 7.79. The van der Waals surface area contributed by atoms with Gasteiger partial charge >= 0.3 is 5.97 Å². The molecule has 0 saturated carbocycles. The zero-order valence-electron chi connectivity index (χ0n) is 12.5. The van der Waals surface area contributed by atoms with Crippen molar-refractivity contribution >= 4 is 11.7 Å². The number of benzene rings is 1. The number of aromatic nitrogens is 2. The molecular formula is C16H19N3O2. The molecule has 0 fully saturated rings. The van der Waals surface area contributed by atoms with Gasteiger partial charge in [0.1, 0.15) is 0 Å². The average molecular weight is 285 g/mol. The van der Waals surface area contributed by atoms with Crippen LogP contribution in [0.25, 0.3) is 0 Å². The van der Waals surface area contributed by atoms with E-state index in [1.807, 2.05) is 31.2 Å². The zero-order chi connectivity index (χ0) is 15.3. The van der Waals surface area contributed by atoms with E-state index in [9.17, 15) is 4.79 Å². The highest BCUT2D eigenvalue weighted by atomic mass is 16.5. The summed E-state index contributed by atoms with van der Waals surface area (Å²) in [6.45, 7) is 5.84. The van der Waals surface area contributed by atoms with E-state index in [4.69, 9.17) is 4.74 Å². The van der Waals surface area contributed by atoms with Gasteiger partial charge in [0.05, 0.1) is 18.5 Å². The molecule has 5 heteroatoms. The van der Waals surface area contributed by atoms with Gasteiger partial charge in [-0.2, -0.15) is 0 Å². The van der Waals surface area contributed by atoms with Gasteiger partial charge in [0.2, 0.25) is 0 Å². The monoisotopic (exact) mass is 285 g/mol. The van der Waals surface area contributed by atoms with Crippen molar-refractivity contribution in [1.29, 1.82) is 0 Å². The summed E-state index contributed by atoms with van der Waals surface area (Å²) >= 11 is 0. The maximum absolute atomic E-state index is 12.4. The molecule has 0 radical (unpaired) electrons. The van der Waals surface area contributed by atoms with Crippen molar-refractivity contribution in [1.82, 2.24) is 9.97 Å². The third-order valence-corrected chi connectivity index (χ3v) is 3.21. The highest BCUT2D eigenvalue weighted by Crippen LogP contribution is 2.26. The lowest BCUT2D eigenvalue weighted by Gasteiger charge is -2.28.